The third kappa shape index (κ3) is 4.79. The minimum Gasteiger partial charge on any atom is -0.491 e. The average molecular weight is 328 g/mol. The lowest BCUT2D eigenvalue weighted by atomic mass is 10.1. The van der Waals surface area contributed by atoms with Crippen molar-refractivity contribution in [2.24, 2.45) is 0 Å². The summed E-state index contributed by atoms with van der Waals surface area (Å²) in [5, 5.41) is 3.33. The van der Waals surface area contributed by atoms with Crippen LogP contribution in [0.1, 0.15) is 31.7 Å². The molecule has 0 radical (unpaired) electrons. The molecule has 1 N–H and O–H groups in total. The molecule has 19 heavy (non-hydrogen) atoms. The van der Waals surface area contributed by atoms with E-state index in [0.717, 1.165) is 36.3 Å². The van der Waals surface area contributed by atoms with Gasteiger partial charge in [0, 0.05) is 17.6 Å². The molecule has 0 bridgehead atoms. The third-order valence-corrected chi connectivity index (χ3v) is 4.07. The van der Waals surface area contributed by atoms with Gasteiger partial charge in [0.05, 0.1) is 6.10 Å². The normalized spacial score (nSPS) is 19.4. The van der Waals surface area contributed by atoms with Gasteiger partial charge in [-0.15, -0.1) is 0 Å². The van der Waals surface area contributed by atoms with Crippen LogP contribution in [-0.4, -0.2) is 25.9 Å². The molecule has 1 fully saturated rings. The highest BCUT2D eigenvalue weighted by Crippen LogP contribution is 2.23. The largest absolute Gasteiger partial charge is 0.491 e. The number of hydrogen-bond acceptors (Lipinski definition) is 3. The van der Waals surface area contributed by atoms with Crippen LogP contribution < -0.4 is 10.1 Å². The van der Waals surface area contributed by atoms with Crippen LogP contribution in [0.25, 0.3) is 0 Å². The third-order valence-electron chi connectivity index (χ3n) is 3.29. The van der Waals surface area contributed by atoms with Crippen molar-refractivity contribution >= 4 is 15.9 Å². The first-order valence-electron chi connectivity index (χ1n) is 7.03. The van der Waals surface area contributed by atoms with Gasteiger partial charge < -0.3 is 14.8 Å². The molecule has 1 aromatic rings. The molecule has 1 saturated heterocycles. The van der Waals surface area contributed by atoms with Gasteiger partial charge in [-0.25, -0.2) is 0 Å². The van der Waals surface area contributed by atoms with Crippen LogP contribution in [0.4, 0.5) is 0 Å². The van der Waals surface area contributed by atoms with Crippen LogP contribution in [0.2, 0.25) is 0 Å². The Hall–Kier alpha value is -0.580. The summed E-state index contributed by atoms with van der Waals surface area (Å²) in [6.07, 6.45) is 3.80. The van der Waals surface area contributed by atoms with E-state index in [1.165, 1.54) is 18.4 Å². The standard InChI is InChI=1S/C15H22BrNO2/c1-2-17-10-12-9-13(6-7-15(12)16)19-11-14-5-3-4-8-18-14/h6-7,9,14,17H,2-5,8,10-11H2,1H3. The molecule has 4 heteroatoms. The molecule has 1 aliphatic rings. The maximum Gasteiger partial charge on any atom is 0.119 e. The first-order chi connectivity index (χ1) is 9.29. The van der Waals surface area contributed by atoms with E-state index in [0.29, 0.717) is 6.61 Å². The van der Waals surface area contributed by atoms with Gasteiger partial charge in [0.2, 0.25) is 0 Å². The maximum absolute atomic E-state index is 5.85. The molecule has 1 unspecified atom stereocenters. The quantitative estimate of drug-likeness (QED) is 0.867. The predicted octanol–water partition coefficient (Wildman–Crippen LogP) is 3.51. The van der Waals surface area contributed by atoms with Crippen LogP contribution in [0.3, 0.4) is 0 Å². The molecule has 0 amide bonds. The number of nitrogens with one attached hydrogen (secondary N) is 1. The summed E-state index contributed by atoms with van der Waals surface area (Å²) < 4.78 is 12.6. The van der Waals surface area contributed by atoms with E-state index in [4.69, 9.17) is 9.47 Å². The molecule has 0 aromatic heterocycles. The van der Waals surface area contributed by atoms with E-state index in [2.05, 4.69) is 34.2 Å². The second-order valence-corrected chi connectivity index (χ2v) is 5.69. The predicted molar refractivity (Wildman–Crippen MR) is 80.6 cm³/mol. The first kappa shape index (κ1) is 14.8. The Morgan fingerprint density at radius 3 is 3.05 bits per heavy atom. The zero-order valence-corrected chi connectivity index (χ0v) is 13.0. The lowest BCUT2D eigenvalue weighted by molar-refractivity contribution is -0.0110. The maximum atomic E-state index is 5.85. The van der Waals surface area contributed by atoms with Crippen molar-refractivity contribution in [3.63, 3.8) is 0 Å². The number of ether oxygens (including phenoxy) is 2. The molecule has 106 valence electrons. The second kappa shape index (κ2) is 7.88. The van der Waals surface area contributed by atoms with E-state index in [-0.39, 0.29) is 6.10 Å². The Labute approximate surface area is 123 Å². The summed E-state index contributed by atoms with van der Waals surface area (Å²) in [6, 6.07) is 6.14. The Balaban J connectivity index is 1.88. The lowest BCUT2D eigenvalue weighted by Gasteiger charge is -2.22. The summed E-state index contributed by atoms with van der Waals surface area (Å²) in [5.74, 6) is 0.922. The van der Waals surface area contributed by atoms with Crippen molar-refractivity contribution in [3.05, 3.63) is 28.2 Å². The molecule has 1 aliphatic heterocycles. The number of rotatable bonds is 6. The Bertz CT molecular complexity index is 392. The highest BCUT2D eigenvalue weighted by atomic mass is 79.9. The van der Waals surface area contributed by atoms with Gasteiger partial charge in [0.15, 0.2) is 0 Å². The highest BCUT2D eigenvalue weighted by molar-refractivity contribution is 9.10. The van der Waals surface area contributed by atoms with Crippen LogP contribution in [-0.2, 0) is 11.3 Å². The minimum absolute atomic E-state index is 0.259. The summed E-state index contributed by atoms with van der Waals surface area (Å²) >= 11 is 3.57. The number of halogens is 1. The second-order valence-electron chi connectivity index (χ2n) is 4.83. The molecule has 0 spiro atoms. The summed E-state index contributed by atoms with van der Waals surface area (Å²) in [4.78, 5) is 0. The number of benzene rings is 1. The minimum atomic E-state index is 0.259. The molecular weight excluding hydrogens is 306 g/mol. The monoisotopic (exact) mass is 327 g/mol. The molecule has 0 aliphatic carbocycles. The summed E-state index contributed by atoms with van der Waals surface area (Å²) in [6.45, 7) is 5.46. The smallest absolute Gasteiger partial charge is 0.119 e. The van der Waals surface area contributed by atoms with Crippen molar-refractivity contribution in [1.82, 2.24) is 5.32 Å². The van der Waals surface area contributed by atoms with Crippen LogP contribution >= 0.6 is 15.9 Å². The van der Waals surface area contributed by atoms with Gasteiger partial charge in [-0.3, -0.25) is 0 Å². The Morgan fingerprint density at radius 1 is 1.42 bits per heavy atom. The van der Waals surface area contributed by atoms with Crippen molar-refractivity contribution in [3.8, 4) is 5.75 Å². The zero-order valence-electron chi connectivity index (χ0n) is 11.5. The fourth-order valence-corrected chi connectivity index (χ4v) is 2.55. The molecule has 1 atom stereocenters. The lowest BCUT2D eigenvalue weighted by Crippen LogP contribution is -2.25. The molecule has 1 heterocycles. The van der Waals surface area contributed by atoms with Crippen molar-refractivity contribution in [2.45, 2.75) is 38.8 Å². The molecule has 0 saturated carbocycles. The van der Waals surface area contributed by atoms with Gasteiger partial charge >= 0.3 is 0 Å². The molecule has 1 aromatic carbocycles. The zero-order chi connectivity index (χ0) is 13.5. The topological polar surface area (TPSA) is 30.5 Å². The first-order valence-corrected chi connectivity index (χ1v) is 7.82. The van der Waals surface area contributed by atoms with E-state index in [1.54, 1.807) is 0 Å². The number of hydrogen-bond donors (Lipinski definition) is 1. The van der Waals surface area contributed by atoms with Crippen LogP contribution in [0.5, 0.6) is 5.75 Å². The van der Waals surface area contributed by atoms with Gasteiger partial charge in [0.25, 0.3) is 0 Å². The van der Waals surface area contributed by atoms with Crippen LogP contribution in [0, 0.1) is 0 Å². The van der Waals surface area contributed by atoms with E-state index >= 15 is 0 Å². The van der Waals surface area contributed by atoms with Gasteiger partial charge in [-0.05, 0) is 49.6 Å². The van der Waals surface area contributed by atoms with E-state index < -0.39 is 0 Å². The van der Waals surface area contributed by atoms with Gasteiger partial charge in [-0.2, -0.15) is 0 Å². The summed E-state index contributed by atoms with van der Waals surface area (Å²) in [5.41, 5.74) is 1.23. The fraction of sp³-hybridized carbons (Fsp3) is 0.600. The van der Waals surface area contributed by atoms with Crippen molar-refractivity contribution in [1.29, 1.82) is 0 Å². The molecule has 2 rings (SSSR count). The molecular formula is C15H22BrNO2. The molecule has 3 nitrogen and oxygen atoms in total. The average Bonchev–Trinajstić information content (AvgIpc) is 2.46. The van der Waals surface area contributed by atoms with E-state index in [1.807, 2.05) is 12.1 Å². The summed E-state index contributed by atoms with van der Waals surface area (Å²) in [7, 11) is 0. The Morgan fingerprint density at radius 2 is 2.32 bits per heavy atom. The van der Waals surface area contributed by atoms with Gasteiger partial charge in [0.1, 0.15) is 12.4 Å². The Kier molecular flexibility index (Phi) is 6.14. The SMILES string of the molecule is CCNCc1cc(OCC2CCCCO2)ccc1Br. The van der Waals surface area contributed by atoms with E-state index in [9.17, 15) is 0 Å². The van der Waals surface area contributed by atoms with Crippen molar-refractivity contribution < 1.29 is 9.47 Å². The van der Waals surface area contributed by atoms with Gasteiger partial charge in [-0.1, -0.05) is 22.9 Å². The highest BCUT2D eigenvalue weighted by Gasteiger charge is 2.14. The fourth-order valence-electron chi connectivity index (χ4n) is 2.16. The van der Waals surface area contributed by atoms with Crippen molar-refractivity contribution in [2.75, 3.05) is 19.8 Å². The van der Waals surface area contributed by atoms with Crippen LogP contribution in [0.15, 0.2) is 22.7 Å².